The largest absolute Gasteiger partial charge is 0.383 e. The summed E-state index contributed by atoms with van der Waals surface area (Å²) in [7, 11) is 0. The monoisotopic (exact) mass is 368 g/mol. The first-order valence-electron chi connectivity index (χ1n) is 9.10. The number of carbonyl (C=O) groups excluding carboxylic acids is 1. The number of amides is 1. The van der Waals surface area contributed by atoms with Gasteiger partial charge in [-0.1, -0.05) is 30.2 Å². The normalized spacial score (nSPS) is 14.1. The van der Waals surface area contributed by atoms with Crippen molar-refractivity contribution < 1.29 is 4.79 Å². The van der Waals surface area contributed by atoms with Crippen LogP contribution in [-0.2, 0) is 5.54 Å². The summed E-state index contributed by atoms with van der Waals surface area (Å²) in [5.74, 6) is 3.57. The van der Waals surface area contributed by atoms with Crippen LogP contribution in [-0.4, -0.2) is 15.9 Å². The molecular weight excluding hydrogens is 348 g/mol. The van der Waals surface area contributed by atoms with Gasteiger partial charge in [-0.25, -0.2) is 9.97 Å². The van der Waals surface area contributed by atoms with Gasteiger partial charge in [-0.2, -0.15) is 0 Å². The highest BCUT2D eigenvalue weighted by molar-refractivity contribution is 5.95. The van der Waals surface area contributed by atoms with Gasteiger partial charge in [0.15, 0.2) is 0 Å². The van der Waals surface area contributed by atoms with Crippen LogP contribution in [0.1, 0.15) is 40.2 Å². The fourth-order valence-electron chi connectivity index (χ4n) is 3.30. The van der Waals surface area contributed by atoms with Gasteiger partial charge < -0.3 is 11.1 Å². The third kappa shape index (κ3) is 3.33. The number of rotatable bonds is 4. The summed E-state index contributed by atoms with van der Waals surface area (Å²) in [6, 6.07) is 15.1. The molecule has 0 bridgehead atoms. The van der Waals surface area contributed by atoms with E-state index in [-0.39, 0.29) is 11.4 Å². The highest BCUT2D eigenvalue weighted by Gasteiger charge is 2.45. The molecule has 28 heavy (non-hydrogen) atoms. The lowest BCUT2D eigenvalue weighted by Gasteiger charge is -2.19. The SMILES string of the molecule is C#Cc1ccc(C(=O)NC2(c3ccc(-c4cnc(C)nc4N)cc3)CC2)cc1. The Bertz CT molecular complexity index is 1080. The maximum Gasteiger partial charge on any atom is 0.251 e. The maximum atomic E-state index is 12.6. The van der Waals surface area contributed by atoms with E-state index in [0.717, 1.165) is 35.1 Å². The molecule has 1 aliphatic carbocycles. The van der Waals surface area contributed by atoms with Gasteiger partial charge in [0.05, 0.1) is 5.54 Å². The van der Waals surface area contributed by atoms with Crippen LogP contribution in [0.4, 0.5) is 5.82 Å². The van der Waals surface area contributed by atoms with Crippen molar-refractivity contribution in [1.82, 2.24) is 15.3 Å². The standard InChI is InChI=1S/C23H20N4O/c1-3-16-4-6-18(7-5-16)22(28)27-23(12-13-23)19-10-8-17(9-11-19)20-14-25-15(2)26-21(20)24/h1,4-11,14H,12-13H2,2H3,(H,27,28)(H2,24,25,26). The number of aromatic nitrogens is 2. The predicted molar refractivity (Wildman–Crippen MR) is 109 cm³/mol. The third-order valence-corrected chi connectivity index (χ3v) is 5.10. The molecule has 0 saturated heterocycles. The van der Waals surface area contributed by atoms with Gasteiger partial charge in [0.1, 0.15) is 11.6 Å². The Kier molecular flexibility index (Phi) is 4.32. The van der Waals surface area contributed by atoms with Crippen molar-refractivity contribution in [2.75, 3.05) is 5.73 Å². The van der Waals surface area contributed by atoms with E-state index in [2.05, 4.69) is 21.2 Å². The van der Waals surface area contributed by atoms with Crippen molar-refractivity contribution in [3.8, 4) is 23.5 Å². The Balaban J connectivity index is 1.53. The summed E-state index contributed by atoms with van der Waals surface area (Å²) in [5, 5.41) is 3.18. The maximum absolute atomic E-state index is 12.6. The number of hydrogen-bond acceptors (Lipinski definition) is 4. The number of nitrogens with zero attached hydrogens (tertiary/aromatic N) is 2. The van der Waals surface area contributed by atoms with Gasteiger partial charge in [0.25, 0.3) is 5.91 Å². The molecule has 138 valence electrons. The van der Waals surface area contributed by atoms with Crippen LogP contribution in [0.25, 0.3) is 11.1 Å². The van der Waals surface area contributed by atoms with Crippen LogP contribution >= 0.6 is 0 Å². The predicted octanol–water partition coefficient (Wildman–Crippen LogP) is 3.43. The molecule has 0 unspecified atom stereocenters. The zero-order valence-corrected chi connectivity index (χ0v) is 15.6. The van der Waals surface area contributed by atoms with Crippen LogP contribution in [0.15, 0.2) is 54.7 Å². The summed E-state index contributed by atoms with van der Waals surface area (Å²) in [5.41, 5.74) is 9.91. The highest BCUT2D eigenvalue weighted by Crippen LogP contribution is 2.46. The van der Waals surface area contributed by atoms with Crippen molar-refractivity contribution in [1.29, 1.82) is 0 Å². The average molecular weight is 368 g/mol. The van der Waals surface area contributed by atoms with Crippen LogP contribution in [0.2, 0.25) is 0 Å². The van der Waals surface area contributed by atoms with Gasteiger partial charge in [-0.15, -0.1) is 6.42 Å². The molecule has 5 nitrogen and oxygen atoms in total. The molecule has 1 amide bonds. The molecule has 1 fully saturated rings. The van der Waals surface area contributed by atoms with E-state index in [9.17, 15) is 4.79 Å². The van der Waals surface area contributed by atoms with Gasteiger partial charge in [-0.3, -0.25) is 4.79 Å². The molecule has 1 aliphatic rings. The molecule has 0 radical (unpaired) electrons. The summed E-state index contributed by atoms with van der Waals surface area (Å²) in [4.78, 5) is 21.1. The lowest BCUT2D eigenvalue weighted by Crippen LogP contribution is -2.34. The molecule has 2 aromatic carbocycles. The van der Waals surface area contributed by atoms with Crippen LogP contribution in [0, 0.1) is 19.3 Å². The van der Waals surface area contributed by atoms with Crippen molar-refractivity contribution in [2.45, 2.75) is 25.3 Å². The highest BCUT2D eigenvalue weighted by atomic mass is 16.1. The molecule has 5 heteroatoms. The topological polar surface area (TPSA) is 80.9 Å². The number of terminal acetylenes is 1. The van der Waals surface area contributed by atoms with E-state index in [1.165, 1.54) is 0 Å². The Labute approximate surface area is 164 Å². The Morgan fingerprint density at radius 3 is 2.39 bits per heavy atom. The minimum absolute atomic E-state index is 0.0960. The number of nitrogen functional groups attached to an aromatic ring is 1. The smallest absolute Gasteiger partial charge is 0.251 e. The minimum atomic E-state index is -0.310. The zero-order chi connectivity index (χ0) is 19.7. The Hall–Kier alpha value is -3.65. The number of aryl methyl sites for hydroxylation is 1. The van der Waals surface area contributed by atoms with Crippen molar-refractivity contribution in [3.05, 3.63) is 77.2 Å². The zero-order valence-electron chi connectivity index (χ0n) is 15.6. The van der Waals surface area contributed by atoms with E-state index >= 15 is 0 Å². The van der Waals surface area contributed by atoms with Crippen molar-refractivity contribution in [2.24, 2.45) is 0 Å². The molecule has 3 aromatic rings. The number of hydrogen-bond donors (Lipinski definition) is 2. The number of nitrogens with two attached hydrogens (primary N) is 1. The third-order valence-electron chi connectivity index (χ3n) is 5.10. The fourth-order valence-corrected chi connectivity index (χ4v) is 3.30. The van der Waals surface area contributed by atoms with Crippen LogP contribution in [0.3, 0.4) is 0 Å². The minimum Gasteiger partial charge on any atom is -0.383 e. The molecule has 1 heterocycles. The number of anilines is 1. The van der Waals surface area contributed by atoms with Gasteiger partial charge >= 0.3 is 0 Å². The first-order valence-corrected chi connectivity index (χ1v) is 9.10. The second-order valence-corrected chi connectivity index (χ2v) is 7.05. The lowest BCUT2D eigenvalue weighted by molar-refractivity contribution is 0.0931. The fraction of sp³-hybridized carbons (Fsp3) is 0.174. The van der Waals surface area contributed by atoms with E-state index in [0.29, 0.717) is 17.2 Å². The summed E-state index contributed by atoms with van der Waals surface area (Å²) < 4.78 is 0. The second-order valence-electron chi connectivity index (χ2n) is 7.05. The summed E-state index contributed by atoms with van der Waals surface area (Å²) in [6.07, 6.45) is 8.93. The van der Waals surface area contributed by atoms with Gasteiger partial charge in [0, 0.05) is 22.9 Å². The molecule has 1 saturated carbocycles. The molecule has 0 atom stereocenters. The Morgan fingerprint density at radius 1 is 1.14 bits per heavy atom. The van der Waals surface area contributed by atoms with Gasteiger partial charge in [-0.05, 0) is 55.2 Å². The quantitative estimate of drug-likeness (QED) is 0.691. The Morgan fingerprint density at radius 2 is 1.82 bits per heavy atom. The van der Waals surface area contributed by atoms with Crippen LogP contribution < -0.4 is 11.1 Å². The lowest BCUT2D eigenvalue weighted by atomic mass is 9.99. The summed E-state index contributed by atoms with van der Waals surface area (Å²) in [6.45, 7) is 1.81. The number of nitrogens with one attached hydrogen (secondary N) is 1. The summed E-state index contributed by atoms with van der Waals surface area (Å²) >= 11 is 0. The molecule has 0 aliphatic heterocycles. The van der Waals surface area contributed by atoms with Crippen molar-refractivity contribution >= 4 is 11.7 Å². The molecular formula is C23H20N4O. The molecule has 3 N–H and O–H groups in total. The molecule has 1 aromatic heterocycles. The van der Waals surface area contributed by atoms with E-state index < -0.39 is 0 Å². The molecule has 0 spiro atoms. The number of benzene rings is 2. The number of carbonyl (C=O) groups is 1. The van der Waals surface area contributed by atoms with E-state index in [1.54, 1.807) is 30.5 Å². The van der Waals surface area contributed by atoms with Crippen molar-refractivity contribution in [3.63, 3.8) is 0 Å². The average Bonchev–Trinajstić information content (AvgIpc) is 3.49. The molecule has 4 rings (SSSR count). The first kappa shape index (κ1) is 17.7. The first-order chi connectivity index (χ1) is 13.5. The van der Waals surface area contributed by atoms with Gasteiger partial charge in [0.2, 0.25) is 0 Å². The van der Waals surface area contributed by atoms with E-state index in [4.69, 9.17) is 12.2 Å². The second kappa shape index (κ2) is 6.82. The van der Waals surface area contributed by atoms with Crippen LogP contribution in [0.5, 0.6) is 0 Å². The van der Waals surface area contributed by atoms with E-state index in [1.807, 2.05) is 31.2 Å².